The van der Waals surface area contributed by atoms with E-state index in [0.717, 1.165) is 0 Å². The summed E-state index contributed by atoms with van der Waals surface area (Å²) in [5.74, 6) is 0. The summed E-state index contributed by atoms with van der Waals surface area (Å²) in [6.07, 6.45) is -2.13. The first-order valence-corrected chi connectivity index (χ1v) is 5.47. The Kier molecular flexibility index (Phi) is 3.33. The number of phosphoric acid groups is 1. The van der Waals surface area contributed by atoms with Crippen LogP contribution >= 0.6 is 7.82 Å². The summed E-state index contributed by atoms with van der Waals surface area (Å²) in [5.41, 5.74) is -1.40. The molecule has 84 valence electrons. The number of rotatable bonds is 3. The first kappa shape index (κ1) is 12.1. The van der Waals surface area contributed by atoms with Crippen LogP contribution in [0.3, 0.4) is 0 Å². The van der Waals surface area contributed by atoms with Gasteiger partial charge >= 0.3 is 7.82 Å². The standard InChI is InChI=1S/C6H13O7P/c1-6(8)3-12-4(5(6)7)2-13-14(9,10)11/h4-5,7-8H,2-3H2,1H3,(H2,9,10,11)/t4-,5?,6-/m1/s1. The van der Waals surface area contributed by atoms with Crippen molar-refractivity contribution in [3.05, 3.63) is 0 Å². The van der Waals surface area contributed by atoms with E-state index in [1.165, 1.54) is 6.92 Å². The van der Waals surface area contributed by atoms with E-state index in [9.17, 15) is 14.8 Å². The van der Waals surface area contributed by atoms with Crippen molar-refractivity contribution in [1.82, 2.24) is 0 Å². The number of phosphoric ester groups is 1. The van der Waals surface area contributed by atoms with Crippen LogP contribution in [0.2, 0.25) is 0 Å². The molecule has 0 aromatic rings. The largest absolute Gasteiger partial charge is 0.469 e. The van der Waals surface area contributed by atoms with Gasteiger partial charge in [0.1, 0.15) is 17.8 Å². The highest BCUT2D eigenvalue weighted by atomic mass is 31.2. The first-order chi connectivity index (χ1) is 6.22. The molecule has 0 radical (unpaired) electrons. The Labute approximate surface area is 80.5 Å². The van der Waals surface area contributed by atoms with Crippen LogP contribution < -0.4 is 0 Å². The highest BCUT2D eigenvalue weighted by molar-refractivity contribution is 7.46. The van der Waals surface area contributed by atoms with E-state index in [2.05, 4.69) is 4.52 Å². The van der Waals surface area contributed by atoms with E-state index in [1.807, 2.05) is 0 Å². The van der Waals surface area contributed by atoms with Crippen LogP contribution in [0.5, 0.6) is 0 Å². The fourth-order valence-corrected chi connectivity index (χ4v) is 1.50. The van der Waals surface area contributed by atoms with Crippen LogP contribution in [0.1, 0.15) is 6.92 Å². The Morgan fingerprint density at radius 2 is 2.21 bits per heavy atom. The van der Waals surface area contributed by atoms with E-state index < -0.39 is 32.2 Å². The molecule has 0 aromatic carbocycles. The Morgan fingerprint density at radius 1 is 1.64 bits per heavy atom. The minimum atomic E-state index is -4.56. The summed E-state index contributed by atoms with van der Waals surface area (Å²) in [6.45, 7) is 0.820. The van der Waals surface area contributed by atoms with Crippen molar-refractivity contribution in [3.63, 3.8) is 0 Å². The van der Waals surface area contributed by atoms with Crippen LogP contribution in [0.4, 0.5) is 0 Å². The third-order valence-corrected chi connectivity index (χ3v) is 2.47. The number of aliphatic hydroxyl groups is 2. The van der Waals surface area contributed by atoms with Crippen molar-refractivity contribution in [3.8, 4) is 0 Å². The van der Waals surface area contributed by atoms with Crippen LogP contribution in [-0.4, -0.2) is 51.0 Å². The molecule has 0 aromatic heterocycles. The molecule has 4 N–H and O–H groups in total. The van der Waals surface area contributed by atoms with Gasteiger partial charge in [0.05, 0.1) is 13.2 Å². The van der Waals surface area contributed by atoms with Crippen molar-refractivity contribution < 1.29 is 33.8 Å². The lowest BCUT2D eigenvalue weighted by molar-refractivity contribution is -0.0431. The molecule has 1 heterocycles. The SMILES string of the molecule is C[C@@]1(O)CO[C@H](COP(=O)(O)O)C1O. The molecule has 1 fully saturated rings. The highest BCUT2D eigenvalue weighted by Gasteiger charge is 2.44. The van der Waals surface area contributed by atoms with Gasteiger partial charge in [-0.3, -0.25) is 4.52 Å². The predicted molar refractivity (Wildman–Crippen MR) is 44.4 cm³/mol. The molecular weight excluding hydrogens is 215 g/mol. The van der Waals surface area contributed by atoms with Gasteiger partial charge in [0, 0.05) is 0 Å². The molecule has 0 amide bonds. The lowest BCUT2D eigenvalue weighted by Gasteiger charge is -2.21. The zero-order chi connectivity index (χ0) is 11.0. The zero-order valence-electron chi connectivity index (χ0n) is 7.53. The van der Waals surface area contributed by atoms with Gasteiger partial charge in [0.2, 0.25) is 0 Å². The number of ether oxygens (including phenoxy) is 1. The normalized spacial score (nSPS) is 38.9. The maximum absolute atomic E-state index is 10.3. The van der Waals surface area contributed by atoms with Crippen molar-refractivity contribution in [2.24, 2.45) is 0 Å². The van der Waals surface area contributed by atoms with Crippen LogP contribution in [0.25, 0.3) is 0 Å². The van der Waals surface area contributed by atoms with Gasteiger partial charge in [-0.05, 0) is 6.92 Å². The van der Waals surface area contributed by atoms with E-state index in [0.29, 0.717) is 0 Å². The van der Waals surface area contributed by atoms with Gasteiger partial charge in [-0.15, -0.1) is 0 Å². The summed E-state index contributed by atoms with van der Waals surface area (Å²) in [5, 5.41) is 18.8. The fraction of sp³-hybridized carbons (Fsp3) is 1.00. The summed E-state index contributed by atoms with van der Waals surface area (Å²) in [7, 11) is -4.56. The van der Waals surface area contributed by atoms with Gasteiger partial charge in [0.25, 0.3) is 0 Å². The van der Waals surface area contributed by atoms with Crippen molar-refractivity contribution in [1.29, 1.82) is 0 Å². The van der Waals surface area contributed by atoms with Crippen LogP contribution in [0.15, 0.2) is 0 Å². The second-order valence-corrected chi connectivity index (χ2v) is 4.68. The van der Waals surface area contributed by atoms with Gasteiger partial charge in [-0.25, -0.2) is 4.57 Å². The second-order valence-electron chi connectivity index (χ2n) is 3.44. The molecule has 0 saturated carbocycles. The van der Waals surface area contributed by atoms with E-state index >= 15 is 0 Å². The molecule has 8 heteroatoms. The molecule has 0 bridgehead atoms. The van der Waals surface area contributed by atoms with Gasteiger partial charge in [-0.2, -0.15) is 0 Å². The van der Waals surface area contributed by atoms with Crippen LogP contribution in [-0.2, 0) is 13.8 Å². The molecule has 1 rings (SSSR count). The van der Waals surface area contributed by atoms with Crippen molar-refractivity contribution >= 4 is 7.82 Å². The highest BCUT2D eigenvalue weighted by Crippen LogP contribution is 2.37. The molecule has 14 heavy (non-hydrogen) atoms. The molecule has 7 nitrogen and oxygen atoms in total. The van der Waals surface area contributed by atoms with Gasteiger partial charge in [-0.1, -0.05) is 0 Å². The van der Waals surface area contributed by atoms with Crippen molar-refractivity contribution in [2.45, 2.75) is 24.7 Å². The molecule has 1 aliphatic heterocycles. The fourth-order valence-electron chi connectivity index (χ4n) is 1.16. The summed E-state index contributed by atoms with van der Waals surface area (Å²) in [6, 6.07) is 0. The van der Waals surface area contributed by atoms with Gasteiger partial charge in [0.15, 0.2) is 0 Å². The van der Waals surface area contributed by atoms with Gasteiger partial charge < -0.3 is 24.7 Å². The second kappa shape index (κ2) is 3.86. The smallest absolute Gasteiger partial charge is 0.387 e. The molecular formula is C6H13O7P. The summed E-state index contributed by atoms with van der Waals surface area (Å²) < 4.78 is 19.4. The topological polar surface area (TPSA) is 116 Å². The molecule has 0 spiro atoms. The van der Waals surface area contributed by atoms with E-state index in [-0.39, 0.29) is 6.61 Å². The number of hydrogen-bond donors (Lipinski definition) is 4. The Balaban J connectivity index is 2.45. The summed E-state index contributed by atoms with van der Waals surface area (Å²) in [4.78, 5) is 16.8. The van der Waals surface area contributed by atoms with E-state index in [1.54, 1.807) is 0 Å². The molecule has 0 aliphatic carbocycles. The molecule has 1 unspecified atom stereocenters. The first-order valence-electron chi connectivity index (χ1n) is 3.94. The lowest BCUT2D eigenvalue weighted by atomic mass is 10.00. The minimum Gasteiger partial charge on any atom is -0.387 e. The monoisotopic (exact) mass is 228 g/mol. The number of hydrogen-bond acceptors (Lipinski definition) is 5. The zero-order valence-corrected chi connectivity index (χ0v) is 8.42. The quantitative estimate of drug-likeness (QED) is 0.439. The predicted octanol–water partition coefficient (Wildman–Crippen LogP) is -1.39. The average molecular weight is 228 g/mol. The molecule has 1 saturated heterocycles. The Hall–Kier alpha value is -0.0100. The van der Waals surface area contributed by atoms with Crippen LogP contribution in [0, 0.1) is 0 Å². The third-order valence-electron chi connectivity index (χ3n) is 1.99. The Morgan fingerprint density at radius 3 is 2.57 bits per heavy atom. The maximum Gasteiger partial charge on any atom is 0.469 e. The molecule has 3 atom stereocenters. The summed E-state index contributed by atoms with van der Waals surface area (Å²) >= 11 is 0. The lowest BCUT2D eigenvalue weighted by Crippen LogP contribution is -2.42. The minimum absolute atomic E-state index is 0.0939. The average Bonchev–Trinajstić information content (AvgIpc) is 2.24. The number of aliphatic hydroxyl groups excluding tert-OH is 1. The Bertz CT molecular complexity index is 247. The third kappa shape index (κ3) is 2.99. The maximum atomic E-state index is 10.3. The van der Waals surface area contributed by atoms with E-state index in [4.69, 9.17) is 14.5 Å². The molecule has 1 aliphatic rings. The van der Waals surface area contributed by atoms with Crippen molar-refractivity contribution in [2.75, 3.05) is 13.2 Å².